The van der Waals surface area contributed by atoms with Gasteiger partial charge in [-0.15, -0.1) is 16.4 Å². The number of piperidine rings is 1. The van der Waals surface area contributed by atoms with E-state index in [1.165, 1.54) is 16.9 Å². The number of nitrogens with one attached hydrogen (secondary N) is 1. The van der Waals surface area contributed by atoms with Crippen LogP contribution in [0.3, 0.4) is 0 Å². The van der Waals surface area contributed by atoms with Crippen molar-refractivity contribution in [1.82, 2.24) is 14.6 Å². The van der Waals surface area contributed by atoms with Crippen LogP contribution in [0.2, 0.25) is 0 Å². The second-order valence-electron chi connectivity index (χ2n) is 7.56. The highest BCUT2D eigenvalue weighted by atomic mass is 32.1. The van der Waals surface area contributed by atoms with E-state index in [4.69, 9.17) is 0 Å². The third kappa shape index (κ3) is 2.98. The van der Waals surface area contributed by atoms with Crippen LogP contribution in [0.25, 0.3) is 4.96 Å². The van der Waals surface area contributed by atoms with E-state index >= 15 is 0 Å². The molecule has 0 saturated carbocycles. The maximum Gasteiger partial charge on any atom is 0.235 e. The average Bonchev–Trinajstić information content (AvgIpc) is 3.18. The van der Waals surface area contributed by atoms with E-state index in [0.29, 0.717) is 17.7 Å². The summed E-state index contributed by atoms with van der Waals surface area (Å²) < 4.78 is 1.60. The Morgan fingerprint density at radius 3 is 2.56 bits per heavy atom. The van der Waals surface area contributed by atoms with Crippen molar-refractivity contribution in [3.05, 3.63) is 32.6 Å². The second-order valence-corrected chi connectivity index (χ2v) is 9.51. The number of likely N-dealkylation sites (tertiary alicyclic amines) is 1. The molecule has 1 aliphatic rings. The van der Waals surface area contributed by atoms with Gasteiger partial charge in [0.15, 0.2) is 6.04 Å². The number of hydrogen-bond acceptors (Lipinski definition) is 5. The lowest BCUT2D eigenvalue weighted by atomic mass is 9.90. The summed E-state index contributed by atoms with van der Waals surface area (Å²) in [6.45, 7) is 11.0. The van der Waals surface area contributed by atoms with Crippen molar-refractivity contribution < 1.29 is 10.0 Å². The third-order valence-electron chi connectivity index (χ3n) is 5.17. The van der Waals surface area contributed by atoms with Gasteiger partial charge >= 0.3 is 0 Å². The van der Waals surface area contributed by atoms with Gasteiger partial charge in [0.25, 0.3) is 0 Å². The second kappa shape index (κ2) is 6.37. The number of thiazole rings is 1. The van der Waals surface area contributed by atoms with Crippen LogP contribution in [0.1, 0.15) is 47.5 Å². The van der Waals surface area contributed by atoms with E-state index in [-0.39, 0.29) is 11.9 Å². The van der Waals surface area contributed by atoms with Crippen molar-refractivity contribution in [3.63, 3.8) is 0 Å². The van der Waals surface area contributed by atoms with Crippen LogP contribution in [0.15, 0.2) is 11.4 Å². The molecule has 4 rings (SSSR count). The first-order valence-corrected chi connectivity index (χ1v) is 10.6. The lowest BCUT2D eigenvalue weighted by Gasteiger charge is -2.36. The van der Waals surface area contributed by atoms with Crippen molar-refractivity contribution in [3.8, 4) is 5.88 Å². The first kappa shape index (κ1) is 17.0. The van der Waals surface area contributed by atoms with Gasteiger partial charge in [-0.05, 0) is 37.3 Å². The van der Waals surface area contributed by atoms with Crippen LogP contribution in [0, 0.1) is 25.7 Å². The van der Waals surface area contributed by atoms with Gasteiger partial charge < -0.3 is 10.0 Å². The summed E-state index contributed by atoms with van der Waals surface area (Å²) >= 11 is 3.38. The van der Waals surface area contributed by atoms with Gasteiger partial charge in [0.2, 0.25) is 10.8 Å². The number of aromatic hydroxyl groups is 1. The summed E-state index contributed by atoms with van der Waals surface area (Å²) in [4.78, 5) is 9.14. The first-order chi connectivity index (χ1) is 11.9. The number of thiophene rings is 1. The fourth-order valence-corrected chi connectivity index (χ4v) is 6.61. The molecule has 0 bridgehead atoms. The van der Waals surface area contributed by atoms with Gasteiger partial charge in [0.1, 0.15) is 10.7 Å². The monoisotopic (exact) mass is 377 g/mol. The molecule has 1 saturated heterocycles. The molecule has 2 N–H and O–H groups in total. The summed E-state index contributed by atoms with van der Waals surface area (Å²) in [6, 6.07) is 2.35. The molecule has 7 heteroatoms. The van der Waals surface area contributed by atoms with Crippen molar-refractivity contribution in [2.24, 2.45) is 11.8 Å². The molecule has 1 aliphatic heterocycles. The largest absolute Gasteiger partial charge is 0.492 e. The summed E-state index contributed by atoms with van der Waals surface area (Å²) in [5.74, 6) is 2.36. The molecule has 134 valence electrons. The maximum atomic E-state index is 10.9. The quantitative estimate of drug-likeness (QED) is 0.738. The van der Waals surface area contributed by atoms with Crippen molar-refractivity contribution in [2.75, 3.05) is 13.1 Å². The Balaban J connectivity index is 1.83. The average molecular weight is 378 g/mol. The van der Waals surface area contributed by atoms with E-state index in [2.05, 4.69) is 42.3 Å². The fourth-order valence-electron chi connectivity index (χ4n) is 4.27. The lowest BCUT2D eigenvalue weighted by Crippen LogP contribution is -3.14. The normalized spacial score (nSPS) is 25.5. The van der Waals surface area contributed by atoms with E-state index in [0.717, 1.165) is 22.9 Å². The SMILES string of the molecule is Cc1nc2sc([C@@H](c3sccc3C)[NH+]3C[C@@H](C)C[C@H](C)C3)c(O)n2n1. The standard InChI is InChI=1S/C18H24N4OS2/c1-10-7-11(2)9-21(8-10)14(15-12(3)5-6-24-15)16-17(23)22-18(25-16)19-13(4)20-22/h5-6,10-11,14,23H,7-9H2,1-4H3/p+1/t10-,11-,14+/m0/s1. The molecular formula is C18H25N4OS2+. The summed E-state index contributed by atoms with van der Waals surface area (Å²) in [7, 11) is 0. The summed E-state index contributed by atoms with van der Waals surface area (Å²) in [5.41, 5.74) is 1.31. The number of nitrogens with zero attached hydrogens (tertiary/aromatic N) is 3. The summed E-state index contributed by atoms with van der Waals surface area (Å²) in [6.07, 6.45) is 1.29. The van der Waals surface area contributed by atoms with Crippen molar-refractivity contribution in [1.29, 1.82) is 0 Å². The number of hydrogen-bond donors (Lipinski definition) is 2. The van der Waals surface area contributed by atoms with Gasteiger partial charge in [-0.2, -0.15) is 4.52 Å². The van der Waals surface area contributed by atoms with Crippen LogP contribution in [0.4, 0.5) is 0 Å². The Labute approximate surface area is 155 Å². The molecule has 25 heavy (non-hydrogen) atoms. The molecule has 4 heterocycles. The molecule has 5 nitrogen and oxygen atoms in total. The number of fused-ring (bicyclic) bond motifs is 1. The lowest BCUT2D eigenvalue weighted by molar-refractivity contribution is -0.936. The number of aryl methyl sites for hydroxylation is 2. The number of quaternary nitrogens is 1. The highest BCUT2D eigenvalue weighted by Gasteiger charge is 2.38. The molecule has 0 amide bonds. The predicted molar refractivity (Wildman–Crippen MR) is 102 cm³/mol. The maximum absolute atomic E-state index is 10.9. The molecule has 0 aliphatic carbocycles. The molecule has 1 fully saturated rings. The van der Waals surface area contributed by atoms with Gasteiger partial charge in [-0.1, -0.05) is 25.2 Å². The van der Waals surface area contributed by atoms with E-state index in [1.54, 1.807) is 32.1 Å². The molecular weight excluding hydrogens is 352 g/mol. The minimum absolute atomic E-state index is 0.166. The smallest absolute Gasteiger partial charge is 0.235 e. The van der Waals surface area contributed by atoms with Gasteiger partial charge in [0, 0.05) is 11.8 Å². The Kier molecular flexibility index (Phi) is 4.33. The van der Waals surface area contributed by atoms with Crippen LogP contribution in [-0.4, -0.2) is 32.8 Å². The topological polar surface area (TPSA) is 54.9 Å². The minimum atomic E-state index is 0.166. The zero-order valence-corrected chi connectivity index (χ0v) is 16.7. The molecule has 0 radical (unpaired) electrons. The molecule has 3 aromatic rings. The zero-order valence-electron chi connectivity index (χ0n) is 15.1. The molecule has 0 unspecified atom stereocenters. The highest BCUT2D eigenvalue weighted by Crippen LogP contribution is 2.38. The molecule has 0 spiro atoms. The van der Waals surface area contributed by atoms with Crippen LogP contribution in [-0.2, 0) is 0 Å². The fraction of sp³-hybridized carbons (Fsp3) is 0.556. The van der Waals surface area contributed by atoms with Crippen LogP contribution < -0.4 is 4.90 Å². The Morgan fingerprint density at radius 1 is 1.24 bits per heavy atom. The van der Waals surface area contributed by atoms with Gasteiger partial charge in [-0.25, -0.2) is 4.98 Å². The molecule has 3 aromatic heterocycles. The Bertz CT molecular complexity index is 886. The Hall–Kier alpha value is -1.44. The van der Waals surface area contributed by atoms with Crippen LogP contribution >= 0.6 is 22.7 Å². The van der Waals surface area contributed by atoms with Gasteiger partial charge in [0.05, 0.1) is 18.0 Å². The van der Waals surface area contributed by atoms with E-state index < -0.39 is 0 Å². The van der Waals surface area contributed by atoms with E-state index in [9.17, 15) is 5.11 Å². The first-order valence-electron chi connectivity index (χ1n) is 8.87. The zero-order chi connectivity index (χ0) is 17.7. The highest BCUT2D eigenvalue weighted by molar-refractivity contribution is 7.17. The van der Waals surface area contributed by atoms with Gasteiger partial charge in [-0.3, -0.25) is 0 Å². The number of rotatable bonds is 3. The summed E-state index contributed by atoms with van der Waals surface area (Å²) in [5, 5.41) is 17.4. The third-order valence-corrected chi connectivity index (χ3v) is 7.33. The Morgan fingerprint density at radius 2 is 1.96 bits per heavy atom. The molecule has 3 atom stereocenters. The van der Waals surface area contributed by atoms with Crippen LogP contribution in [0.5, 0.6) is 5.88 Å². The van der Waals surface area contributed by atoms with Crippen molar-refractivity contribution >= 4 is 27.6 Å². The minimum Gasteiger partial charge on any atom is -0.492 e. The van der Waals surface area contributed by atoms with E-state index in [1.807, 2.05) is 6.92 Å². The number of aromatic nitrogens is 3. The predicted octanol–water partition coefficient (Wildman–Crippen LogP) is 2.82. The molecule has 0 aromatic carbocycles. The van der Waals surface area contributed by atoms with Crippen molar-refractivity contribution in [2.45, 2.75) is 40.2 Å².